The highest BCUT2D eigenvalue weighted by Crippen LogP contribution is 2.32. The minimum atomic E-state index is -0.202. The van der Waals surface area contributed by atoms with Crippen LogP contribution in [-0.2, 0) is 4.79 Å². The summed E-state index contributed by atoms with van der Waals surface area (Å²) >= 11 is 0. The van der Waals surface area contributed by atoms with Gasteiger partial charge in [0.2, 0.25) is 5.91 Å². The number of imide groups is 1. The van der Waals surface area contributed by atoms with E-state index in [9.17, 15) is 9.59 Å². The molecule has 2 aliphatic rings. The maximum absolute atomic E-state index is 11.6. The van der Waals surface area contributed by atoms with Gasteiger partial charge in [-0.25, -0.2) is 4.79 Å². The summed E-state index contributed by atoms with van der Waals surface area (Å²) in [7, 11) is 0. The van der Waals surface area contributed by atoms with Crippen LogP contribution in [0.5, 0.6) is 0 Å². The number of carbonyl (C=O) groups is 2. The highest BCUT2D eigenvalue weighted by Gasteiger charge is 2.39. The van der Waals surface area contributed by atoms with Gasteiger partial charge in [-0.05, 0) is 31.1 Å². The van der Waals surface area contributed by atoms with Crippen molar-refractivity contribution in [2.45, 2.75) is 39.2 Å². The van der Waals surface area contributed by atoms with Gasteiger partial charge in [-0.3, -0.25) is 9.69 Å². The van der Waals surface area contributed by atoms with Gasteiger partial charge in [0.1, 0.15) is 0 Å². The Morgan fingerprint density at radius 2 is 2.00 bits per heavy atom. The van der Waals surface area contributed by atoms with Crippen molar-refractivity contribution in [3.8, 4) is 0 Å². The van der Waals surface area contributed by atoms with E-state index < -0.39 is 0 Å². The molecule has 3 amide bonds. The zero-order valence-corrected chi connectivity index (χ0v) is 9.32. The summed E-state index contributed by atoms with van der Waals surface area (Å²) in [6, 6.07) is -0.0809. The van der Waals surface area contributed by atoms with Crippen LogP contribution in [0.2, 0.25) is 0 Å². The largest absolute Gasteiger partial charge is 0.329 e. The van der Waals surface area contributed by atoms with Crippen LogP contribution in [0, 0.1) is 11.8 Å². The fourth-order valence-electron chi connectivity index (χ4n) is 2.80. The van der Waals surface area contributed by atoms with Gasteiger partial charge in [-0.15, -0.1) is 0 Å². The number of carbonyl (C=O) groups excluding carboxylic acids is 2. The minimum absolute atomic E-state index is 0.0635. The molecule has 1 saturated heterocycles. The second kappa shape index (κ2) is 3.83. The number of hydrogen-bond acceptors (Lipinski definition) is 2. The fraction of sp³-hybridized carbons (Fsp3) is 0.818. The molecule has 3 unspecified atom stereocenters. The summed E-state index contributed by atoms with van der Waals surface area (Å²) in [5.74, 6) is 1.09. The van der Waals surface area contributed by atoms with E-state index in [1.165, 1.54) is 4.90 Å². The molecule has 15 heavy (non-hydrogen) atoms. The Kier molecular flexibility index (Phi) is 2.67. The van der Waals surface area contributed by atoms with Crippen LogP contribution >= 0.6 is 0 Å². The third-order valence-corrected chi connectivity index (χ3v) is 3.60. The molecule has 4 nitrogen and oxygen atoms in total. The lowest BCUT2D eigenvalue weighted by Crippen LogP contribution is -2.46. The van der Waals surface area contributed by atoms with Gasteiger partial charge in [0.05, 0.1) is 6.54 Å². The summed E-state index contributed by atoms with van der Waals surface area (Å²) in [5.41, 5.74) is 0. The fourth-order valence-corrected chi connectivity index (χ4v) is 2.80. The molecule has 0 radical (unpaired) electrons. The molecule has 84 valence electrons. The van der Waals surface area contributed by atoms with Gasteiger partial charge in [0.15, 0.2) is 0 Å². The van der Waals surface area contributed by atoms with Gasteiger partial charge in [-0.1, -0.05) is 13.8 Å². The van der Waals surface area contributed by atoms with E-state index in [1.807, 2.05) is 0 Å². The van der Waals surface area contributed by atoms with Crippen LogP contribution in [0.3, 0.4) is 0 Å². The minimum Gasteiger partial charge on any atom is -0.329 e. The maximum Gasteiger partial charge on any atom is 0.324 e. The van der Waals surface area contributed by atoms with Crippen molar-refractivity contribution in [3.63, 3.8) is 0 Å². The summed E-state index contributed by atoms with van der Waals surface area (Å²) < 4.78 is 0. The van der Waals surface area contributed by atoms with Crippen LogP contribution in [-0.4, -0.2) is 29.4 Å². The molecule has 3 atom stereocenters. The highest BCUT2D eigenvalue weighted by molar-refractivity contribution is 6.02. The van der Waals surface area contributed by atoms with Gasteiger partial charge >= 0.3 is 6.03 Å². The van der Waals surface area contributed by atoms with Gasteiger partial charge < -0.3 is 5.32 Å². The Hall–Kier alpha value is -1.06. The average Bonchev–Trinajstić information content (AvgIpc) is 2.48. The second-order valence-corrected chi connectivity index (χ2v) is 4.89. The van der Waals surface area contributed by atoms with Crippen molar-refractivity contribution in [3.05, 3.63) is 0 Å². The zero-order chi connectivity index (χ0) is 11.0. The molecule has 1 saturated carbocycles. The molecule has 0 aromatic carbocycles. The van der Waals surface area contributed by atoms with Crippen LogP contribution in [0.15, 0.2) is 0 Å². The molecular weight excluding hydrogens is 192 g/mol. The van der Waals surface area contributed by atoms with E-state index in [0.717, 1.165) is 25.2 Å². The van der Waals surface area contributed by atoms with E-state index in [0.29, 0.717) is 5.92 Å². The van der Waals surface area contributed by atoms with E-state index in [-0.39, 0.29) is 24.5 Å². The number of hydrogen-bond donors (Lipinski definition) is 1. The highest BCUT2D eigenvalue weighted by atomic mass is 16.2. The predicted molar refractivity (Wildman–Crippen MR) is 56.2 cm³/mol. The van der Waals surface area contributed by atoms with Crippen molar-refractivity contribution < 1.29 is 9.59 Å². The third-order valence-electron chi connectivity index (χ3n) is 3.60. The van der Waals surface area contributed by atoms with E-state index >= 15 is 0 Å². The first kappa shape index (κ1) is 10.5. The smallest absolute Gasteiger partial charge is 0.324 e. The SMILES string of the molecule is CC1CCC(N2C(=O)CNC2=O)C(C)C1. The van der Waals surface area contributed by atoms with Gasteiger partial charge in [0.25, 0.3) is 0 Å². The molecular formula is C11H18N2O2. The molecule has 4 heteroatoms. The topological polar surface area (TPSA) is 49.4 Å². The molecule has 1 aliphatic carbocycles. The second-order valence-electron chi connectivity index (χ2n) is 4.89. The maximum atomic E-state index is 11.6. The van der Waals surface area contributed by atoms with E-state index in [4.69, 9.17) is 0 Å². The molecule has 0 aromatic rings. The van der Waals surface area contributed by atoms with E-state index in [2.05, 4.69) is 19.2 Å². The molecule has 1 heterocycles. The van der Waals surface area contributed by atoms with Crippen molar-refractivity contribution >= 4 is 11.9 Å². The molecule has 1 N–H and O–H groups in total. The first-order valence-electron chi connectivity index (χ1n) is 5.69. The molecule has 2 fully saturated rings. The standard InChI is InChI=1S/C11H18N2O2/c1-7-3-4-9(8(2)5-7)13-10(14)6-12-11(13)15/h7-9H,3-6H2,1-2H3,(H,12,15). The van der Waals surface area contributed by atoms with Crippen molar-refractivity contribution in [1.29, 1.82) is 0 Å². The van der Waals surface area contributed by atoms with Crippen LogP contribution in [0.4, 0.5) is 4.79 Å². The Morgan fingerprint density at radius 3 is 2.53 bits per heavy atom. The third kappa shape index (κ3) is 1.85. The monoisotopic (exact) mass is 210 g/mol. The lowest BCUT2D eigenvalue weighted by molar-refractivity contribution is -0.128. The lowest BCUT2D eigenvalue weighted by Gasteiger charge is -2.36. The summed E-state index contributed by atoms with van der Waals surface area (Å²) in [4.78, 5) is 24.5. The number of amides is 3. The Morgan fingerprint density at radius 1 is 1.27 bits per heavy atom. The van der Waals surface area contributed by atoms with Crippen LogP contribution in [0.25, 0.3) is 0 Å². The zero-order valence-electron chi connectivity index (χ0n) is 9.32. The molecule has 0 aromatic heterocycles. The number of rotatable bonds is 1. The van der Waals surface area contributed by atoms with Gasteiger partial charge in [0, 0.05) is 6.04 Å². The van der Waals surface area contributed by atoms with E-state index in [1.54, 1.807) is 0 Å². The normalized spacial score (nSPS) is 36.9. The van der Waals surface area contributed by atoms with Crippen LogP contribution < -0.4 is 5.32 Å². The lowest BCUT2D eigenvalue weighted by atomic mass is 9.79. The number of nitrogens with zero attached hydrogens (tertiary/aromatic N) is 1. The van der Waals surface area contributed by atoms with Crippen molar-refractivity contribution in [2.75, 3.05) is 6.54 Å². The Balaban J connectivity index is 2.09. The number of nitrogens with one attached hydrogen (secondary N) is 1. The number of urea groups is 1. The van der Waals surface area contributed by atoms with Crippen LogP contribution in [0.1, 0.15) is 33.1 Å². The van der Waals surface area contributed by atoms with Gasteiger partial charge in [-0.2, -0.15) is 0 Å². The molecule has 2 rings (SSSR count). The first-order chi connectivity index (χ1) is 7.09. The average molecular weight is 210 g/mol. The predicted octanol–water partition coefficient (Wildman–Crippen LogP) is 1.36. The van der Waals surface area contributed by atoms with Crippen molar-refractivity contribution in [1.82, 2.24) is 10.2 Å². The summed E-state index contributed by atoms with van der Waals surface area (Å²) in [6.07, 6.45) is 3.19. The first-order valence-corrected chi connectivity index (χ1v) is 5.69. The molecule has 0 bridgehead atoms. The summed E-state index contributed by atoms with van der Waals surface area (Å²) in [5, 5.41) is 2.59. The Labute approximate surface area is 90.0 Å². The molecule has 0 spiro atoms. The Bertz CT molecular complexity index is 274. The quantitative estimate of drug-likeness (QED) is 0.664. The molecule has 1 aliphatic heterocycles. The summed E-state index contributed by atoms with van der Waals surface area (Å²) in [6.45, 7) is 4.55. The van der Waals surface area contributed by atoms with Crippen molar-refractivity contribution in [2.24, 2.45) is 11.8 Å².